The predicted octanol–water partition coefficient (Wildman–Crippen LogP) is 11.9. The van der Waals surface area contributed by atoms with Crippen molar-refractivity contribution >= 4 is 60.5 Å². The van der Waals surface area contributed by atoms with Crippen LogP contribution in [0.15, 0.2) is 170 Å². The van der Waals surface area contributed by atoms with E-state index in [-0.39, 0.29) is 0 Å². The Hall–Kier alpha value is -6.12. The van der Waals surface area contributed by atoms with E-state index < -0.39 is 0 Å². The lowest BCUT2D eigenvalue weighted by atomic mass is 10.0. The minimum Gasteiger partial charge on any atom is -0.307 e. The molecular formula is C44H30N2. The van der Waals surface area contributed by atoms with E-state index in [1.807, 2.05) is 6.08 Å². The SMILES string of the molecule is C=C/C=C\c1ccc(-c2ccc(-n3c4ccccc4c4ccc5c6ccccc6n(-c6ccc7ccccc7c6)c5c43)cc2)cc1. The second kappa shape index (κ2) is 10.5. The molecule has 216 valence electrons. The first kappa shape index (κ1) is 26.3. The molecule has 0 unspecified atom stereocenters. The van der Waals surface area contributed by atoms with Crippen LogP contribution in [0.1, 0.15) is 5.56 Å². The van der Waals surface area contributed by atoms with Crippen molar-refractivity contribution in [3.05, 3.63) is 176 Å². The molecule has 0 amide bonds. The zero-order valence-electron chi connectivity index (χ0n) is 25.3. The molecule has 0 radical (unpaired) electrons. The van der Waals surface area contributed by atoms with Crippen LogP contribution < -0.4 is 0 Å². The summed E-state index contributed by atoms with van der Waals surface area (Å²) in [5, 5.41) is 7.49. The molecule has 0 spiro atoms. The van der Waals surface area contributed by atoms with Gasteiger partial charge in [-0.2, -0.15) is 0 Å². The van der Waals surface area contributed by atoms with Gasteiger partial charge in [0.25, 0.3) is 0 Å². The number of aromatic nitrogens is 2. The Bertz CT molecular complexity index is 2630. The average molecular weight is 587 g/mol. The quantitative estimate of drug-likeness (QED) is 0.178. The Morgan fingerprint density at radius 1 is 0.435 bits per heavy atom. The van der Waals surface area contributed by atoms with E-state index in [9.17, 15) is 0 Å². The van der Waals surface area contributed by atoms with Crippen LogP contribution in [0.5, 0.6) is 0 Å². The van der Waals surface area contributed by atoms with Crippen LogP contribution in [0.2, 0.25) is 0 Å². The van der Waals surface area contributed by atoms with Crippen molar-refractivity contribution in [1.82, 2.24) is 9.13 Å². The van der Waals surface area contributed by atoms with Gasteiger partial charge >= 0.3 is 0 Å². The number of nitrogens with zero attached hydrogens (tertiary/aromatic N) is 2. The molecule has 2 nitrogen and oxygen atoms in total. The zero-order chi connectivity index (χ0) is 30.6. The van der Waals surface area contributed by atoms with Gasteiger partial charge < -0.3 is 9.13 Å². The van der Waals surface area contributed by atoms with Crippen molar-refractivity contribution in [1.29, 1.82) is 0 Å². The van der Waals surface area contributed by atoms with Gasteiger partial charge in [-0.25, -0.2) is 0 Å². The third kappa shape index (κ3) is 4.04. The zero-order valence-corrected chi connectivity index (χ0v) is 25.3. The first-order valence-corrected chi connectivity index (χ1v) is 15.7. The molecule has 0 aliphatic carbocycles. The number of fused-ring (bicyclic) bond motifs is 8. The summed E-state index contributed by atoms with van der Waals surface area (Å²) in [6, 6.07) is 55.3. The number of rotatable bonds is 5. The number of benzene rings is 7. The maximum absolute atomic E-state index is 3.78. The Morgan fingerprint density at radius 2 is 0.957 bits per heavy atom. The number of hydrogen-bond donors (Lipinski definition) is 0. The van der Waals surface area contributed by atoms with Gasteiger partial charge in [0.15, 0.2) is 0 Å². The number of para-hydroxylation sites is 2. The molecule has 9 aromatic rings. The molecule has 0 bridgehead atoms. The van der Waals surface area contributed by atoms with Crippen molar-refractivity contribution < 1.29 is 0 Å². The topological polar surface area (TPSA) is 9.86 Å². The molecule has 0 saturated carbocycles. The van der Waals surface area contributed by atoms with Crippen molar-refractivity contribution in [2.75, 3.05) is 0 Å². The molecule has 46 heavy (non-hydrogen) atoms. The van der Waals surface area contributed by atoms with E-state index in [4.69, 9.17) is 0 Å². The molecule has 0 atom stereocenters. The average Bonchev–Trinajstić information content (AvgIpc) is 3.64. The minimum absolute atomic E-state index is 1.14. The highest BCUT2D eigenvalue weighted by Gasteiger charge is 2.21. The summed E-state index contributed by atoms with van der Waals surface area (Å²) in [6.45, 7) is 3.78. The summed E-state index contributed by atoms with van der Waals surface area (Å²) >= 11 is 0. The Labute approximate surface area is 267 Å². The third-order valence-corrected chi connectivity index (χ3v) is 9.25. The van der Waals surface area contributed by atoms with E-state index >= 15 is 0 Å². The molecule has 2 heteroatoms. The van der Waals surface area contributed by atoms with Gasteiger partial charge in [-0.05, 0) is 63.9 Å². The van der Waals surface area contributed by atoms with Crippen molar-refractivity contribution in [3.8, 4) is 22.5 Å². The largest absolute Gasteiger partial charge is 0.307 e. The summed E-state index contributed by atoms with van der Waals surface area (Å²) in [6.07, 6.45) is 5.84. The second-order valence-corrected chi connectivity index (χ2v) is 11.9. The Morgan fingerprint density at radius 3 is 1.59 bits per heavy atom. The summed E-state index contributed by atoms with van der Waals surface area (Å²) < 4.78 is 4.92. The Kier molecular flexibility index (Phi) is 6.00. The predicted molar refractivity (Wildman–Crippen MR) is 197 cm³/mol. The standard InChI is InChI=1S/C44H30N2/c1-2-3-10-30-17-19-32(20-18-30)33-21-24-35(25-22-33)45-41-15-8-6-13-37(41)39-27-28-40-38-14-7-9-16-42(38)46(44(40)43(39)45)36-26-23-31-11-4-5-12-34(31)29-36/h2-29H,1H2/b10-3-. The molecule has 2 heterocycles. The van der Waals surface area contributed by atoms with Gasteiger partial charge in [0.1, 0.15) is 0 Å². The molecule has 0 N–H and O–H groups in total. The third-order valence-electron chi connectivity index (χ3n) is 9.25. The molecule has 0 aliphatic rings. The maximum Gasteiger partial charge on any atom is 0.0788 e. The van der Waals surface area contributed by atoms with Crippen LogP contribution >= 0.6 is 0 Å². The molecule has 9 rings (SSSR count). The highest BCUT2D eigenvalue weighted by molar-refractivity contribution is 6.23. The second-order valence-electron chi connectivity index (χ2n) is 11.9. The molecule has 7 aromatic carbocycles. The van der Waals surface area contributed by atoms with Crippen LogP contribution in [-0.2, 0) is 0 Å². The van der Waals surface area contributed by atoms with Crippen molar-refractivity contribution in [2.45, 2.75) is 0 Å². The highest BCUT2D eigenvalue weighted by Crippen LogP contribution is 2.42. The van der Waals surface area contributed by atoms with E-state index in [0.717, 1.165) is 16.9 Å². The fraction of sp³-hybridized carbons (Fsp3) is 0. The molecule has 0 saturated heterocycles. The summed E-state index contributed by atoms with van der Waals surface area (Å²) in [5.74, 6) is 0. The molecule has 0 fully saturated rings. The summed E-state index contributed by atoms with van der Waals surface area (Å²) in [7, 11) is 0. The van der Waals surface area contributed by atoms with E-state index in [1.165, 1.54) is 65.5 Å². The van der Waals surface area contributed by atoms with Gasteiger partial charge in [-0.3, -0.25) is 0 Å². The highest BCUT2D eigenvalue weighted by atomic mass is 15.0. The van der Waals surface area contributed by atoms with Crippen LogP contribution in [-0.4, -0.2) is 9.13 Å². The Balaban J connectivity index is 1.32. The normalized spacial score (nSPS) is 11.9. The summed E-state index contributed by atoms with van der Waals surface area (Å²) in [5.41, 5.74) is 10.7. The lowest BCUT2D eigenvalue weighted by molar-refractivity contribution is 1.15. The number of hydrogen-bond acceptors (Lipinski definition) is 0. The smallest absolute Gasteiger partial charge is 0.0788 e. The summed E-state index contributed by atoms with van der Waals surface area (Å²) in [4.78, 5) is 0. The van der Waals surface area contributed by atoms with Gasteiger partial charge in [-0.1, -0.05) is 140 Å². The fourth-order valence-corrected chi connectivity index (χ4v) is 7.12. The minimum atomic E-state index is 1.14. The van der Waals surface area contributed by atoms with Gasteiger partial charge in [0.2, 0.25) is 0 Å². The van der Waals surface area contributed by atoms with Crippen LogP contribution in [0, 0.1) is 0 Å². The van der Waals surface area contributed by atoms with Crippen LogP contribution in [0.4, 0.5) is 0 Å². The van der Waals surface area contributed by atoms with Crippen molar-refractivity contribution in [3.63, 3.8) is 0 Å². The van der Waals surface area contributed by atoms with Gasteiger partial charge in [0.05, 0.1) is 22.1 Å². The first-order valence-electron chi connectivity index (χ1n) is 15.7. The number of allylic oxidation sites excluding steroid dienone is 2. The van der Waals surface area contributed by atoms with Gasteiger partial charge in [-0.15, -0.1) is 0 Å². The van der Waals surface area contributed by atoms with E-state index in [2.05, 4.69) is 173 Å². The van der Waals surface area contributed by atoms with Crippen LogP contribution in [0.3, 0.4) is 0 Å². The van der Waals surface area contributed by atoms with Gasteiger partial charge in [0, 0.05) is 32.9 Å². The molecule has 2 aromatic heterocycles. The van der Waals surface area contributed by atoms with Crippen LogP contribution in [0.25, 0.3) is 83.0 Å². The lowest BCUT2D eigenvalue weighted by Gasteiger charge is -2.13. The fourth-order valence-electron chi connectivity index (χ4n) is 7.12. The van der Waals surface area contributed by atoms with E-state index in [0.29, 0.717) is 0 Å². The van der Waals surface area contributed by atoms with E-state index in [1.54, 1.807) is 6.08 Å². The maximum atomic E-state index is 3.78. The molecule has 0 aliphatic heterocycles. The monoisotopic (exact) mass is 586 g/mol. The first-order chi connectivity index (χ1) is 22.8. The molecular weight excluding hydrogens is 556 g/mol. The lowest BCUT2D eigenvalue weighted by Crippen LogP contribution is -1.99. The van der Waals surface area contributed by atoms with Crippen molar-refractivity contribution in [2.24, 2.45) is 0 Å².